The summed E-state index contributed by atoms with van der Waals surface area (Å²) >= 11 is 0. The molecule has 1 heterocycles. The van der Waals surface area contributed by atoms with Crippen molar-refractivity contribution in [3.05, 3.63) is 59.7 Å². The van der Waals surface area contributed by atoms with Gasteiger partial charge in [0.2, 0.25) is 0 Å². The predicted molar refractivity (Wildman–Crippen MR) is 103 cm³/mol. The SMILES string of the molecule is O=C(C[NH2+]C1Cc2ccccc2C1)Nc1ccccc1N1CCOCC1. The van der Waals surface area contributed by atoms with Gasteiger partial charge in [0.05, 0.1) is 30.6 Å². The van der Waals surface area contributed by atoms with Gasteiger partial charge in [-0.2, -0.15) is 0 Å². The van der Waals surface area contributed by atoms with Crippen LogP contribution in [0.2, 0.25) is 0 Å². The van der Waals surface area contributed by atoms with E-state index in [1.807, 2.05) is 18.2 Å². The zero-order chi connectivity index (χ0) is 17.8. The van der Waals surface area contributed by atoms with E-state index in [1.54, 1.807) is 0 Å². The van der Waals surface area contributed by atoms with E-state index in [4.69, 9.17) is 4.74 Å². The summed E-state index contributed by atoms with van der Waals surface area (Å²) in [6, 6.07) is 17.1. The Morgan fingerprint density at radius 1 is 1.04 bits per heavy atom. The van der Waals surface area contributed by atoms with Gasteiger partial charge < -0.3 is 20.3 Å². The first kappa shape index (κ1) is 17.1. The zero-order valence-electron chi connectivity index (χ0n) is 15.0. The fourth-order valence-corrected chi connectivity index (χ4v) is 3.89. The summed E-state index contributed by atoms with van der Waals surface area (Å²) in [6.45, 7) is 3.64. The molecule has 1 saturated heterocycles. The second kappa shape index (κ2) is 7.89. The number of fused-ring (bicyclic) bond motifs is 1. The van der Waals surface area contributed by atoms with Crippen LogP contribution in [0.1, 0.15) is 11.1 Å². The lowest BCUT2D eigenvalue weighted by atomic mass is 10.1. The van der Waals surface area contributed by atoms with E-state index in [0.717, 1.165) is 50.5 Å². The number of amides is 1. The van der Waals surface area contributed by atoms with Gasteiger partial charge in [-0.15, -0.1) is 0 Å². The molecule has 3 N–H and O–H groups in total. The number of quaternary nitrogens is 1. The Morgan fingerprint density at radius 2 is 1.69 bits per heavy atom. The second-order valence-corrected chi connectivity index (χ2v) is 7.04. The number of carbonyl (C=O) groups excluding carboxylic acids is 1. The highest BCUT2D eigenvalue weighted by Gasteiger charge is 2.24. The van der Waals surface area contributed by atoms with Crippen molar-refractivity contribution in [1.82, 2.24) is 0 Å². The van der Waals surface area contributed by atoms with Gasteiger partial charge in [0.1, 0.15) is 0 Å². The quantitative estimate of drug-likeness (QED) is 0.850. The van der Waals surface area contributed by atoms with Crippen LogP contribution >= 0.6 is 0 Å². The number of benzene rings is 2. The minimum absolute atomic E-state index is 0.0571. The predicted octanol–water partition coefficient (Wildman–Crippen LogP) is 1.19. The van der Waals surface area contributed by atoms with Crippen LogP contribution in [0.25, 0.3) is 0 Å². The zero-order valence-corrected chi connectivity index (χ0v) is 15.0. The van der Waals surface area contributed by atoms with Gasteiger partial charge in [-0.3, -0.25) is 4.79 Å². The van der Waals surface area contributed by atoms with Crippen LogP contribution in [0.4, 0.5) is 11.4 Å². The molecule has 2 aliphatic rings. The molecule has 4 rings (SSSR count). The van der Waals surface area contributed by atoms with E-state index in [2.05, 4.69) is 45.9 Å². The number of hydrogen-bond donors (Lipinski definition) is 2. The number of morpholine rings is 1. The Labute approximate surface area is 154 Å². The molecule has 26 heavy (non-hydrogen) atoms. The number of ether oxygens (including phenoxy) is 1. The summed E-state index contributed by atoms with van der Waals surface area (Å²) in [4.78, 5) is 14.8. The molecular formula is C21H26N3O2+. The number of nitrogens with two attached hydrogens (primary N) is 1. The van der Waals surface area contributed by atoms with E-state index < -0.39 is 0 Å². The Morgan fingerprint density at radius 3 is 2.42 bits per heavy atom. The van der Waals surface area contributed by atoms with Crippen molar-refractivity contribution in [3.8, 4) is 0 Å². The highest BCUT2D eigenvalue weighted by atomic mass is 16.5. The van der Waals surface area contributed by atoms with Gasteiger partial charge in [-0.25, -0.2) is 0 Å². The van der Waals surface area contributed by atoms with Gasteiger partial charge in [0, 0.05) is 25.9 Å². The first-order chi connectivity index (χ1) is 12.8. The van der Waals surface area contributed by atoms with Crippen molar-refractivity contribution in [2.45, 2.75) is 18.9 Å². The van der Waals surface area contributed by atoms with E-state index in [-0.39, 0.29) is 5.91 Å². The number of rotatable bonds is 5. The number of nitrogens with one attached hydrogen (secondary N) is 1. The van der Waals surface area contributed by atoms with Gasteiger partial charge in [0.25, 0.3) is 5.91 Å². The third-order valence-electron chi connectivity index (χ3n) is 5.25. The Kier molecular flexibility index (Phi) is 5.18. The molecule has 1 aliphatic heterocycles. The maximum absolute atomic E-state index is 12.5. The molecule has 0 saturated carbocycles. The van der Waals surface area contributed by atoms with E-state index in [9.17, 15) is 4.79 Å². The fourth-order valence-electron chi connectivity index (χ4n) is 3.89. The molecular weight excluding hydrogens is 326 g/mol. The lowest BCUT2D eigenvalue weighted by molar-refractivity contribution is -0.677. The van der Waals surface area contributed by atoms with Gasteiger partial charge >= 0.3 is 0 Å². The number of nitrogens with zero attached hydrogens (tertiary/aromatic N) is 1. The van der Waals surface area contributed by atoms with Crippen molar-refractivity contribution in [3.63, 3.8) is 0 Å². The maximum atomic E-state index is 12.5. The normalized spacial score (nSPS) is 17.2. The third kappa shape index (κ3) is 3.89. The highest BCUT2D eigenvalue weighted by molar-refractivity contribution is 5.94. The van der Waals surface area contributed by atoms with Crippen LogP contribution in [0.15, 0.2) is 48.5 Å². The first-order valence-corrected chi connectivity index (χ1v) is 9.41. The van der Waals surface area contributed by atoms with Gasteiger partial charge in [-0.05, 0) is 23.3 Å². The molecule has 5 heteroatoms. The van der Waals surface area contributed by atoms with E-state index >= 15 is 0 Å². The lowest BCUT2D eigenvalue weighted by Gasteiger charge is -2.30. The number of anilines is 2. The van der Waals surface area contributed by atoms with Crippen molar-refractivity contribution < 1.29 is 14.8 Å². The van der Waals surface area contributed by atoms with Crippen molar-refractivity contribution in [1.29, 1.82) is 0 Å². The van der Waals surface area contributed by atoms with Crippen LogP contribution in [0.3, 0.4) is 0 Å². The second-order valence-electron chi connectivity index (χ2n) is 7.04. The van der Waals surface area contributed by atoms with Crippen molar-refractivity contribution >= 4 is 17.3 Å². The Balaban J connectivity index is 1.33. The van der Waals surface area contributed by atoms with Crippen molar-refractivity contribution in [2.24, 2.45) is 0 Å². The molecule has 2 aromatic carbocycles. The molecule has 0 radical (unpaired) electrons. The Hall–Kier alpha value is -2.37. The summed E-state index contributed by atoms with van der Waals surface area (Å²) in [7, 11) is 0. The van der Waals surface area contributed by atoms with Gasteiger partial charge in [-0.1, -0.05) is 36.4 Å². The molecule has 0 atom stereocenters. The Bertz CT molecular complexity index is 746. The van der Waals surface area contributed by atoms with Crippen LogP contribution in [0.5, 0.6) is 0 Å². The third-order valence-corrected chi connectivity index (χ3v) is 5.25. The summed E-state index contributed by atoms with van der Waals surface area (Å²) in [5.74, 6) is 0.0571. The molecule has 0 aromatic heterocycles. The van der Waals surface area contributed by atoms with Crippen LogP contribution in [-0.2, 0) is 22.4 Å². The van der Waals surface area contributed by atoms with E-state index in [1.165, 1.54) is 11.1 Å². The minimum Gasteiger partial charge on any atom is -0.378 e. The summed E-state index contributed by atoms with van der Waals surface area (Å²) in [5.41, 5.74) is 4.82. The fraction of sp³-hybridized carbons (Fsp3) is 0.381. The van der Waals surface area contributed by atoms with Crippen LogP contribution < -0.4 is 15.5 Å². The largest absolute Gasteiger partial charge is 0.378 e. The topological polar surface area (TPSA) is 58.2 Å². The monoisotopic (exact) mass is 352 g/mol. The van der Waals surface area contributed by atoms with Gasteiger partial charge in [0.15, 0.2) is 6.54 Å². The molecule has 0 unspecified atom stereocenters. The molecule has 1 fully saturated rings. The molecule has 0 bridgehead atoms. The van der Waals surface area contributed by atoms with Crippen LogP contribution in [-0.4, -0.2) is 44.8 Å². The average Bonchev–Trinajstić information content (AvgIpc) is 3.11. The summed E-state index contributed by atoms with van der Waals surface area (Å²) < 4.78 is 5.43. The smallest absolute Gasteiger partial charge is 0.279 e. The number of hydrogen-bond acceptors (Lipinski definition) is 3. The molecule has 2 aromatic rings. The molecule has 5 nitrogen and oxygen atoms in total. The molecule has 0 spiro atoms. The number of carbonyl (C=O) groups is 1. The highest BCUT2D eigenvalue weighted by Crippen LogP contribution is 2.26. The van der Waals surface area contributed by atoms with Crippen LogP contribution in [0, 0.1) is 0 Å². The number of para-hydroxylation sites is 2. The molecule has 136 valence electrons. The minimum atomic E-state index is 0.0571. The van der Waals surface area contributed by atoms with E-state index in [0.29, 0.717) is 12.6 Å². The first-order valence-electron chi connectivity index (χ1n) is 9.41. The maximum Gasteiger partial charge on any atom is 0.279 e. The molecule has 1 amide bonds. The standard InChI is InChI=1S/C21H25N3O2/c25-21(15-22-18-13-16-5-1-2-6-17(16)14-18)23-19-7-3-4-8-20(19)24-9-11-26-12-10-24/h1-8,18,22H,9-15H2,(H,23,25)/p+1. The lowest BCUT2D eigenvalue weighted by Crippen LogP contribution is -2.92. The molecule has 1 aliphatic carbocycles. The summed E-state index contributed by atoms with van der Waals surface area (Å²) in [5, 5.41) is 5.27. The summed E-state index contributed by atoms with van der Waals surface area (Å²) in [6.07, 6.45) is 2.10. The average molecular weight is 352 g/mol. The van der Waals surface area contributed by atoms with Crippen molar-refractivity contribution in [2.75, 3.05) is 43.1 Å².